The molecule has 1 fully saturated rings. The number of hydrogen-bond donors (Lipinski definition) is 2. The van der Waals surface area contributed by atoms with E-state index in [4.69, 9.17) is 0 Å². The Hall–Kier alpha value is -2.36. The number of rotatable bonds is 4. The molecule has 21 heavy (non-hydrogen) atoms. The third-order valence-electron chi connectivity index (χ3n) is 3.75. The number of carbonyl (C=O) groups is 1. The summed E-state index contributed by atoms with van der Waals surface area (Å²) >= 11 is 0. The Morgan fingerprint density at radius 3 is 2.76 bits per heavy atom. The van der Waals surface area contributed by atoms with Crippen molar-refractivity contribution in [3.05, 3.63) is 47.8 Å². The summed E-state index contributed by atoms with van der Waals surface area (Å²) in [5, 5.41) is 6.11. The number of pyridine rings is 1. The fourth-order valence-electron chi connectivity index (χ4n) is 2.29. The number of anilines is 1. The van der Waals surface area contributed by atoms with Crippen LogP contribution in [0.25, 0.3) is 11.1 Å². The highest BCUT2D eigenvalue weighted by Gasteiger charge is 2.24. The van der Waals surface area contributed by atoms with Gasteiger partial charge in [0.05, 0.1) is 5.69 Å². The Labute approximate surface area is 124 Å². The number of hydrogen-bond acceptors (Lipinski definition) is 3. The monoisotopic (exact) mass is 281 g/mol. The van der Waals surface area contributed by atoms with Gasteiger partial charge in [0.15, 0.2) is 0 Å². The number of aryl methyl sites for hydroxylation is 1. The van der Waals surface area contributed by atoms with Crippen LogP contribution < -0.4 is 10.6 Å². The molecule has 1 aromatic carbocycles. The molecule has 3 rings (SSSR count). The zero-order chi connectivity index (χ0) is 14.8. The van der Waals surface area contributed by atoms with Crippen LogP contribution in [-0.4, -0.2) is 24.0 Å². The van der Waals surface area contributed by atoms with Crippen molar-refractivity contribution in [3.8, 4) is 11.1 Å². The van der Waals surface area contributed by atoms with Gasteiger partial charge in [-0.3, -0.25) is 9.78 Å². The maximum absolute atomic E-state index is 12.2. The van der Waals surface area contributed by atoms with E-state index >= 15 is 0 Å². The first-order valence-corrected chi connectivity index (χ1v) is 7.22. The molecular weight excluding hydrogens is 262 g/mol. The Morgan fingerprint density at radius 1 is 1.24 bits per heavy atom. The molecular formula is C17H19N3O. The normalized spacial score (nSPS) is 13.8. The molecule has 0 bridgehead atoms. The van der Waals surface area contributed by atoms with Crippen LogP contribution in [0.15, 0.2) is 36.7 Å². The van der Waals surface area contributed by atoms with Crippen LogP contribution in [-0.2, 0) is 0 Å². The van der Waals surface area contributed by atoms with E-state index in [1.54, 1.807) is 6.20 Å². The van der Waals surface area contributed by atoms with Crippen molar-refractivity contribution >= 4 is 11.6 Å². The smallest absolute Gasteiger partial charge is 0.251 e. The largest absolute Gasteiger partial charge is 0.387 e. The highest BCUT2D eigenvalue weighted by Crippen LogP contribution is 2.26. The van der Waals surface area contributed by atoms with Crippen LogP contribution in [0, 0.1) is 6.92 Å². The van der Waals surface area contributed by atoms with E-state index in [0.29, 0.717) is 11.6 Å². The van der Waals surface area contributed by atoms with Gasteiger partial charge in [-0.15, -0.1) is 0 Å². The molecule has 2 aromatic rings. The second-order valence-corrected chi connectivity index (χ2v) is 5.49. The van der Waals surface area contributed by atoms with E-state index in [1.165, 1.54) is 0 Å². The molecule has 1 saturated carbocycles. The first-order chi connectivity index (χ1) is 10.2. The number of nitrogens with zero attached hydrogens (tertiary/aromatic N) is 1. The number of aromatic nitrogens is 1. The fourth-order valence-corrected chi connectivity index (χ4v) is 2.29. The predicted octanol–water partition coefficient (Wildman–Crippen LogP) is 2.99. The average Bonchev–Trinajstić information content (AvgIpc) is 3.31. The van der Waals surface area contributed by atoms with Gasteiger partial charge in [-0.05, 0) is 49.1 Å². The zero-order valence-electron chi connectivity index (χ0n) is 12.3. The van der Waals surface area contributed by atoms with Crippen molar-refractivity contribution in [1.29, 1.82) is 0 Å². The summed E-state index contributed by atoms with van der Waals surface area (Å²) in [6.07, 6.45) is 5.80. The number of amides is 1. The molecule has 1 aliphatic carbocycles. The Kier molecular flexibility index (Phi) is 3.60. The summed E-state index contributed by atoms with van der Waals surface area (Å²) in [6, 6.07) is 8.23. The van der Waals surface area contributed by atoms with Gasteiger partial charge in [-0.25, -0.2) is 0 Å². The molecule has 0 spiro atoms. The van der Waals surface area contributed by atoms with E-state index in [9.17, 15) is 4.79 Å². The topological polar surface area (TPSA) is 54.0 Å². The summed E-state index contributed by atoms with van der Waals surface area (Å²) in [6.45, 7) is 2.05. The minimum absolute atomic E-state index is 0.0106. The van der Waals surface area contributed by atoms with Crippen molar-refractivity contribution in [1.82, 2.24) is 10.3 Å². The number of benzene rings is 1. The molecule has 2 N–H and O–H groups in total. The van der Waals surface area contributed by atoms with Crippen molar-refractivity contribution in [2.45, 2.75) is 25.8 Å². The third-order valence-corrected chi connectivity index (χ3v) is 3.75. The van der Waals surface area contributed by atoms with E-state index in [-0.39, 0.29) is 5.91 Å². The van der Waals surface area contributed by atoms with Crippen molar-refractivity contribution in [2.24, 2.45) is 0 Å². The predicted molar refractivity (Wildman–Crippen MR) is 84.4 cm³/mol. The van der Waals surface area contributed by atoms with E-state index in [2.05, 4.69) is 15.6 Å². The summed E-state index contributed by atoms with van der Waals surface area (Å²) in [7, 11) is 1.87. The lowest BCUT2D eigenvalue weighted by molar-refractivity contribution is 0.0951. The molecule has 0 unspecified atom stereocenters. The maximum atomic E-state index is 12.2. The van der Waals surface area contributed by atoms with E-state index in [1.807, 2.05) is 44.4 Å². The molecule has 1 aliphatic rings. The number of nitrogens with one attached hydrogen (secondary N) is 2. The molecule has 108 valence electrons. The fraction of sp³-hybridized carbons (Fsp3) is 0.294. The van der Waals surface area contributed by atoms with Gasteiger partial charge in [-0.1, -0.05) is 6.07 Å². The summed E-state index contributed by atoms with van der Waals surface area (Å²) < 4.78 is 0. The lowest BCUT2D eigenvalue weighted by atomic mass is 9.99. The molecule has 4 heteroatoms. The van der Waals surface area contributed by atoms with Crippen molar-refractivity contribution in [2.75, 3.05) is 12.4 Å². The van der Waals surface area contributed by atoms with Crippen molar-refractivity contribution in [3.63, 3.8) is 0 Å². The highest BCUT2D eigenvalue weighted by atomic mass is 16.1. The van der Waals surface area contributed by atoms with Gasteiger partial charge in [0.25, 0.3) is 5.91 Å². The maximum Gasteiger partial charge on any atom is 0.251 e. The Balaban J connectivity index is 1.94. The van der Waals surface area contributed by atoms with Crippen molar-refractivity contribution < 1.29 is 4.79 Å². The molecule has 1 amide bonds. The second-order valence-electron chi connectivity index (χ2n) is 5.49. The molecule has 0 aliphatic heterocycles. The molecule has 0 radical (unpaired) electrons. The van der Waals surface area contributed by atoms with E-state index < -0.39 is 0 Å². The quantitative estimate of drug-likeness (QED) is 0.906. The van der Waals surface area contributed by atoms with Crippen LogP contribution in [0.3, 0.4) is 0 Å². The first-order valence-electron chi connectivity index (χ1n) is 7.22. The Morgan fingerprint density at radius 2 is 2.05 bits per heavy atom. The lowest BCUT2D eigenvalue weighted by Gasteiger charge is -2.10. The SMILES string of the molecule is CNc1cncc(-c2cc(C(=O)NC3CC3)ccc2C)c1. The lowest BCUT2D eigenvalue weighted by Crippen LogP contribution is -2.25. The molecule has 0 saturated heterocycles. The number of carbonyl (C=O) groups excluding carboxylic acids is 1. The van der Waals surface area contributed by atoms with Gasteiger partial charge < -0.3 is 10.6 Å². The molecule has 4 nitrogen and oxygen atoms in total. The average molecular weight is 281 g/mol. The van der Waals surface area contributed by atoms with Gasteiger partial charge in [0.1, 0.15) is 0 Å². The Bertz CT molecular complexity index is 677. The second kappa shape index (κ2) is 5.56. The first kappa shape index (κ1) is 13.6. The van der Waals surface area contributed by atoms with Gasteiger partial charge in [0, 0.05) is 36.6 Å². The standard InChI is InChI=1S/C17H19N3O/c1-11-3-4-12(17(21)20-14-5-6-14)8-16(11)13-7-15(18-2)10-19-9-13/h3-4,7-10,14,18H,5-6H2,1-2H3,(H,20,21). The van der Waals surface area contributed by atoms with Crippen LogP contribution in [0.1, 0.15) is 28.8 Å². The molecule has 1 aromatic heterocycles. The van der Waals surface area contributed by atoms with Gasteiger partial charge in [0.2, 0.25) is 0 Å². The van der Waals surface area contributed by atoms with Gasteiger partial charge >= 0.3 is 0 Å². The highest BCUT2D eigenvalue weighted by molar-refractivity contribution is 5.96. The van der Waals surface area contributed by atoms with Crippen LogP contribution in [0.2, 0.25) is 0 Å². The molecule has 1 heterocycles. The summed E-state index contributed by atoms with van der Waals surface area (Å²) in [5.41, 5.74) is 4.86. The zero-order valence-corrected chi connectivity index (χ0v) is 12.3. The van der Waals surface area contributed by atoms with Crippen LogP contribution in [0.4, 0.5) is 5.69 Å². The van der Waals surface area contributed by atoms with Gasteiger partial charge in [-0.2, -0.15) is 0 Å². The van der Waals surface area contributed by atoms with E-state index in [0.717, 1.165) is 35.2 Å². The molecule has 0 atom stereocenters. The minimum atomic E-state index is 0.0106. The summed E-state index contributed by atoms with van der Waals surface area (Å²) in [5.74, 6) is 0.0106. The van der Waals surface area contributed by atoms with Crippen LogP contribution >= 0.6 is 0 Å². The summed E-state index contributed by atoms with van der Waals surface area (Å²) in [4.78, 5) is 16.4. The minimum Gasteiger partial charge on any atom is -0.387 e. The third kappa shape index (κ3) is 3.05. The van der Waals surface area contributed by atoms with Crippen LogP contribution in [0.5, 0.6) is 0 Å².